The third-order valence-electron chi connectivity index (χ3n) is 5.26. The van der Waals surface area contributed by atoms with Crippen molar-refractivity contribution in [3.05, 3.63) is 64.4 Å². The average molecular weight is 564 g/mol. The fourth-order valence-electron chi connectivity index (χ4n) is 3.30. The molecule has 202 valence electrons. The fraction of sp³-hybridized carbons (Fsp3) is 0.391. The van der Waals surface area contributed by atoms with E-state index >= 15 is 0 Å². The van der Waals surface area contributed by atoms with Gasteiger partial charge in [0, 0.05) is 5.56 Å². The summed E-state index contributed by atoms with van der Waals surface area (Å²) in [5.41, 5.74) is 4.74. The van der Waals surface area contributed by atoms with Gasteiger partial charge >= 0.3 is 14.0 Å². The summed E-state index contributed by atoms with van der Waals surface area (Å²) in [5.74, 6) is -0.612. The lowest BCUT2D eigenvalue weighted by Crippen LogP contribution is -2.37. The Labute approximate surface area is 214 Å². The van der Waals surface area contributed by atoms with Gasteiger partial charge in [-0.05, 0) is 68.5 Å². The molecule has 0 radical (unpaired) electrons. The molecule has 0 saturated heterocycles. The number of aryl methyl sites for hydroxylation is 1. The van der Waals surface area contributed by atoms with Crippen molar-refractivity contribution in [3.8, 4) is 16.3 Å². The zero-order valence-electron chi connectivity index (χ0n) is 19.7. The van der Waals surface area contributed by atoms with Gasteiger partial charge in [-0.15, -0.1) is 10.2 Å². The van der Waals surface area contributed by atoms with Crippen LogP contribution in [0.5, 0.6) is 5.75 Å². The van der Waals surface area contributed by atoms with Crippen LogP contribution in [0.15, 0.2) is 42.5 Å². The van der Waals surface area contributed by atoms with Gasteiger partial charge in [-0.2, -0.15) is 13.2 Å². The van der Waals surface area contributed by atoms with Crippen molar-refractivity contribution in [2.75, 3.05) is 13.2 Å². The van der Waals surface area contributed by atoms with E-state index in [1.54, 1.807) is 12.1 Å². The molecule has 0 aliphatic carbocycles. The molecule has 1 aromatic heterocycles. The summed E-state index contributed by atoms with van der Waals surface area (Å²) in [6.07, 6.45) is -1.88. The summed E-state index contributed by atoms with van der Waals surface area (Å²) >= 11 is 0.885. The summed E-state index contributed by atoms with van der Waals surface area (Å²) in [7, 11) is -4.77. The highest BCUT2D eigenvalue weighted by Crippen LogP contribution is 2.41. The van der Waals surface area contributed by atoms with Crippen molar-refractivity contribution < 1.29 is 41.2 Å². The Balaban J connectivity index is 1.62. The molecule has 0 bridgehead atoms. The van der Waals surface area contributed by atoms with Gasteiger partial charge in [0.25, 0.3) is 0 Å². The maximum atomic E-state index is 13.7. The Bertz CT molecular complexity index is 1230. The quantitative estimate of drug-likeness (QED) is 0.151. The second-order valence-corrected chi connectivity index (χ2v) is 10.8. The van der Waals surface area contributed by atoms with Crippen LogP contribution in [0.1, 0.15) is 42.3 Å². The highest BCUT2D eigenvalue weighted by atomic mass is 32.1. The summed E-state index contributed by atoms with van der Waals surface area (Å²) in [4.78, 5) is 17.7. The van der Waals surface area contributed by atoms with E-state index in [9.17, 15) is 22.1 Å². The molecule has 0 aliphatic heterocycles. The van der Waals surface area contributed by atoms with Crippen molar-refractivity contribution in [1.82, 2.24) is 10.2 Å². The van der Waals surface area contributed by atoms with Crippen LogP contribution < -0.4 is 10.5 Å². The topological polar surface area (TPSA) is 128 Å². The van der Waals surface area contributed by atoms with E-state index in [0.29, 0.717) is 6.42 Å². The first kappa shape index (κ1) is 29.2. The van der Waals surface area contributed by atoms with Crippen molar-refractivity contribution in [3.63, 3.8) is 0 Å². The van der Waals surface area contributed by atoms with Crippen molar-refractivity contribution in [2.24, 2.45) is 5.73 Å². The largest absolute Gasteiger partial charge is 0.493 e. The van der Waals surface area contributed by atoms with Gasteiger partial charge < -0.3 is 20.3 Å². The molecule has 37 heavy (non-hydrogen) atoms. The number of unbranched alkanes of at least 4 members (excludes halogenated alkanes) is 2. The summed E-state index contributed by atoms with van der Waals surface area (Å²) in [6.45, 7) is 0.932. The van der Waals surface area contributed by atoms with Crippen LogP contribution in [-0.2, 0) is 27.2 Å². The predicted molar refractivity (Wildman–Crippen MR) is 129 cm³/mol. The van der Waals surface area contributed by atoms with Crippen LogP contribution in [0.3, 0.4) is 0 Å². The van der Waals surface area contributed by atoms with Gasteiger partial charge in [0.1, 0.15) is 21.6 Å². The molecule has 0 spiro atoms. The van der Waals surface area contributed by atoms with Crippen LogP contribution >= 0.6 is 19.2 Å². The van der Waals surface area contributed by atoms with Crippen LogP contribution in [0, 0.1) is 5.82 Å². The van der Waals surface area contributed by atoms with Crippen molar-refractivity contribution in [2.45, 2.75) is 44.3 Å². The molecular weight excluding hydrogens is 537 g/mol. The van der Waals surface area contributed by atoms with Gasteiger partial charge in [-0.3, -0.25) is 4.52 Å². The molecule has 8 nitrogen and oxygen atoms in total. The number of phosphoric acid groups is 1. The van der Waals surface area contributed by atoms with Crippen LogP contribution in [-0.4, -0.2) is 33.2 Å². The molecule has 2 aromatic carbocycles. The van der Waals surface area contributed by atoms with E-state index in [-0.39, 0.29) is 33.8 Å². The third-order valence-corrected chi connectivity index (χ3v) is 6.98. The zero-order chi connectivity index (χ0) is 27.3. The highest BCUT2D eigenvalue weighted by Gasteiger charge is 2.35. The SMILES string of the molecule is CC(N)(COP(=O)(O)O)c1nnc(-c2ccc(OCCCCCc3ccc(F)cc3)c(C(F)(F)F)c2)s1. The number of hydrogen-bond donors (Lipinski definition) is 3. The van der Waals surface area contributed by atoms with E-state index in [2.05, 4.69) is 14.7 Å². The molecule has 3 aromatic rings. The van der Waals surface area contributed by atoms with Crippen LogP contribution in [0.4, 0.5) is 17.6 Å². The van der Waals surface area contributed by atoms with E-state index in [1.807, 2.05) is 0 Å². The Hall–Kier alpha value is -2.41. The van der Waals surface area contributed by atoms with Crippen LogP contribution in [0.25, 0.3) is 10.6 Å². The number of phosphoric ester groups is 1. The maximum Gasteiger partial charge on any atom is 0.469 e. The summed E-state index contributed by atoms with van der Waals surface area (Å²) in [6, 6.07) is 9.73. The molecule has 0 fully saturated rings. The summed E-state index contributed by atoms with van der Waals surface area (Å²) in [5, 5.41) is 8.02. The monoisotopic (exact) mass is 563 g/mol. The first-order valence-electron chi connectivity index (χ1n) is 11.2. The number of alkyl halides is 3. The van der Waals surface area contributed by atoms with Gasteiger partial charge in [0.2, 0.25) is 0 Å². The predicted octanol–water partition coefficient (Wildman–Crippen LogP) is 5.44. The molecule has 3 rings (SSSR count). The van der Waals surface area contributed by atoms with E-state index in [0.717, 1.165) is 42.2 Å². The van der Waals surface area contributed by atoms with Gasteiger partial charge in [0.15, 0.2) is 0 Å². The lowest BCUT2D eigenvalue weighted by molar-refractivity contribution is -0.138. The lowest BCUT2D eigenvalue weighted by Gasteiger charge is -2.21. The normalized spacial score (nSPS) is 13.9. The highest BCUT2D eigenvalue weighted by molar-refractivity contribution is 7.46. The fourth-order valence-corrected chi connectivity index (χ4v) is 4.62. The number of nitrogens with two attached hydrogens (primary N) is 1. The van der Waals surface area contributed by atoms with Gasteiger partial charge in [0.05, 0.1) is 24.3 Å². The van der Waals surface area contributed by atoms with Crippen molar-refractivity contribution in [1.29, 1.82) is 0 Å². The second-order valence-electron chi connectivity index (χ2n) is 8.59. The standard InChI is InChI=1S/C23H26F4N3O5PS/c1-22(28,14-35-36(31,32)33)21-30-29-20(37-21)16-8-11-19(18(13-16)23(25,26)27)34-12-4-2-3-5-15-6-9-17(24)10-7-15/h6-11,13H,2-5,12,14,28H2,1H3,(H2,31,32,33). The zero-order valence-corrected chi connectivity index (χ0v) is 21.5. The van der Waals surface area contributed by atoms with Gasteiger partial charge in [-0.25, -0.2) is 8.96 Å². The first-order valence-corrected chi connectivity index (χ1v) is 13.5. The number of halogens is 4. The number of ether oxygens (including phenoxy) is 1. The Morgan fingerprint density at radius 3 is 2.41 bits per heavy atom. The first-order chi connectivity index (χ1) is 17.2. The summed E-state index contributed by atoms with van der Waals surface area (Å²) < 4.78 is 75.0. The maximum absolute atomic E-state index is 13.7. The van der Waals surface area contributed by atoms with E-state index in [4.69, 9.17) is 20.3 Å². The molecular formula is C23H26F4N3O5PS. The number of aromatic nitrogens is 2. The third kappa shape index (κ3) is 8.84. The number of benzene rings is 2. The Kier molecular flexibility index (Phi) is 9.43. The smallest absolute Gasteiger partial charge is 0.469 e. The minimum absolute atomic E-state index is 0.0971. The molecule has 14 heteroatoms. The minimum Gasteiger partial charge on any atom is -0.493 e. The molecule has 1 heterocycles. The van der Waals surface area contributed by atoms with E-state index < -0.39 is 31.7 Å². The number of rotatable bonds is 12. The van der Waals surface area contributed by atoms with Crippen molar-refractivity contribution >= 4 is 19.2 Å². The molecule has 1 atom stereocenters. The Morgan fingerprint density at radius 2 is 1.76 bits per heavy atom. The molecule has 0 aliphatic rings. The average Bonchev–Trinajstić information content (AvgIpc) is 3.32. The number of hydrogen-bond acceptors (Lipinski definition) is 7. The Morgan fingerprint density at radius 1 is 1.05 bits per heavy atom. The number of nitrogens with zero attached hydrogens (tertiary/aromatic N) is 2. The molecule has 4 N–H and O–H groups in total. The molecule has 0 amide bonds. The van der Waals surface area contributed by atoms with E-state index in [1.165, 1.54) is 31.2 Å². The van der Waals surface area contributed by atoms with Crippen LogP contribution in [0.2, 0.25) is 0 Å². The molecule has 0 saturated carbocycles. The van der Waals surface area contributed by atoms with Gasteiger partial charge in [-0.1, -0.05) is 23.5 Å². The minimum atomic E-state index is -4.77. The molecule has 1 unspecified atom stereocenters. The second kappa shape index (κ2) is 12.0. The lowest BCUT2D eigenvalue weighted by atomic mass is 10.1.